The van der Waals surface area contributed by atoms with Crippen molar-refractivity contribution in [3.63, 3.8) is 0 Å². The number of nitrogens with zero attached hydrogens (tertiary/aromatic N) is 1. The van der Waals surface area contributed by atoms with Gasteiger partial charge in [0.15, 0.2) is 5.78 Å². The summed E-state index contributed by atoms with van der Waals surface area (Å²) in [5.74, 6) is 0.196. The van der Waals surface area contributed by atoms with E-state index in [1.54, 1.807) is 11.3 Å². The number of carbonyl (C=O) groups excluding carboxylic acids is 1. The monoisotopic (exact) mass is 365 g/mol. The van der Waals surface area contributed by atoms with Gasteiger partial charge in [-0.2, -0.15) is 0 Å². The predicted molar refractivity (Wildman–Crippen MR) is 93.3 cm³/mol. The average molecular weight is 366 g/mol. The lowest BCUT2D eigenvalue weighted by Crippen LogP contribution is -2.26. The van der Waals surface area contributed by atoms with Crippen LogP contribution in [0.2, 0.25) is 0 Å². The second-order valence-corrected chi connectivity index (χ2v) is 7.92. The molecule has 0 aliphatic rings. The summed E-state index contributed by atoms with van der Waals surface area (Å²) in [6.45, 7) is 7.33. The van der Waals surface area contributed by atoms with E-state index in [0.29, 0.717) is 6.54 Å². The zero-order chi connectivity index (χ0) is 15.6. The van der Waals surface area contributed by atoms with Crippen LogP contribution >= 0.6 is 27.3 Å². The first-order chi connectivity index (χ1) is 9.86. The zero-order valence-corrected chi connectivity index (χ0v) is 15.3. The van der Waals surface area contributed by atoms with Gasteiger partial charge in [-0.1, -0.05) is 17.7 Å². The fraction of sp³-hybridized carbons (Fsp3) is 0.353. The minimum absolute atomic E-state index is 0.196. The van der Waals surface area contributed by atoms with Gasteiger partial charge in [0.2, 0.25) is 0 Å². The summed E-state index contributed by atoms with van der Waals surface area (Å²) in [7, 11) is 1.99. The van der Waals surface area contributed by atoms with E-state index >= 15 is 0 Å². The third kappa shape index (κ3) is 4.25. The molecule has 0 fully saturated rings. The first-order valence-electron chi connectivity index (χ1n) is 6.89. The van der Waals surface area contributed by atoms with E-state index in [4.69, 9.17) is 0 Å². The highest BCUT2D eigenvalue weighted by atomic mass is 79.9. The van der Waals surface area contributed by atoms with E-state index in [1.807, 2.05) is 20.9 Å². The molecule has 21 heavy (non-hydrogen) atoms. The van der Waals surface area contributed by atoms with E-state index in [2.05, 4.69) is 51.3 Å². The van der Waals surface area contributed by atoms with E-state index in [9.17, 15) is 4.79 Å². The number of halogens is 1. The largest absolute Gasteiger partial charge is 0.295 e. The van der Waals surface area contributed by atoms with Crippen molar-refractivity contribution in [2.24, 2.45) is 0 Å². The summed E-state index contributed by atoms with van der Waals surface area (Å²) in [5.41, 5.74) is 5.46. The molecule has 1 heterocycles. The molecule has 112 valence electrons. The number of hydrogen-bond donors (Lipinski definition) is 0. The van der Waals surface area contributed by atoms with Crippen molar-refractivity contribution >= 4 is 33.0 Å². The minimum Gasteiger partial charge on any atom is -0.295 e. The number of likely N-dealkylation sites (N-methyl/N-ethyl adjacent to an activating group) is 1. The second-order valence-electron chi connectivity index (χ2n) is 5.63. The Kier molecular flexibility index (Phi) is 5.36. The highest BCUT2D eigenvalue weighted by Gasteiger charge is 2.15. The number of benzene rings is 1. The lowest BCUT2D eigenvalue weighted by atomic mass is 9.96. The average Bonchev–Trinajstić information content (AvgIpc) is 2.72. The van der Waals surface area contributed by atoms with Crippen LogP contribution in [0.5, 0.6) is 0 Å². The fourth-order valence-corrected chi connectivity index (χ4v) is 3.94. The molecule has 0 saturated heterocycles. The SMILES string of the molecule is Cc1cc(C)c(C(=O)CN(C)Cc2csc(Br)c2)c(C)c1. The molecule has 0 N–H and O–H groups in total. The highest BCUT2D eigenvalue weighted by molar-refractivity contribution is 9.11. The van der Waals surface area contributed by atoms with Crippen molar-refractivity contribution in [1.82, 2.24) is 4.90 Å². The molecule has 0 amide bonds. The van der Waals surface area contributed by atoms with Gasteiger partial charge in [0.25, 0.3) is 0 Å². The lowest BCUT2D eigenvalue weighted by Gasteiger charge is -2.17. The van der Waals surface area contributed by atoms with Gasteiger partial charge < -0.3 is 0 Å². The topological polar surface area (TPSA) is 20.3 Å². The lowest BCUT2D eigenvalue weighted by molar-refractivity contribution is 0.0942. The van der Waals surface area contributed by atoms with Crippen LogP contribution in [0.15, 0.2) is 27.4 Å². The summed E-state index contributed by atoms with van der Waals surface area (Å²) < 4.78 is 1.13. The molecule has 0 atom stereocenters. The zero-order valence-electron chi connectivity index (χ0n) is 12.9. The number of thiophene rings is 1. The fourth-order valence-electron chi connectivity index (χ4n) is 2.74. The second kappa shape index (κ2) is 6.86. The Hall–Kier alpha value is -0.970. The summed E-state index contributed by atoms with van der Waals surface area (Å²) in [6.07, 6.45) is 0. The summed E-state index contributed by atoms with van der Waals surface area (Å²) in [6, 6.07) is 6.26. The Morgan fingerprint density at radius 3 is 2.33 bits per heavy atom. The number of Topliss-reactive ketones (excluding diaryl/α,β-unsaturated/α-hetero) is 1. The number of rotatable bonds is 5. The highest BCUT2D eigenvalue weighted by Crippen LogP contribution is 2.22. The number of hydrogen-bond acceptors (Lipinski definition) is 3. The molecule has 0 radical (unpaired) electrons. The van der Waals surface area contributed by atoms with Crippen LogP contribution in [0, 0.1) is 20.8 Å². The summed E-state index contributed by atoms with van der Waals surface area (Å²) >= 11 is 5.14. The van der Waals surface area contributed by atoms with Gasteiger partial charge in [-0.25, -0.2) is 0 Å². The van der Waals surface area contributed by atoms with Crippen molar-refractivity contribution < 1.29 is 4.79 Å². The maximum absolute atomic E-state index is 12.6. The van der Waals surface area contributed by atoms with Gasteiger partial charge in [-0.05, 0) is 71.9 Å². The number of ketones is 1. The van der Waals surface area contributed by atoms with E-state index in [0.717, 1.165) is 27.0 Å². The molecule has 0 aliphatic carbocycles. The van der Waals surface area contributed by atoms with Crippen LogP contribution in [0.3, 0.4) is 0 Å². The van der Waals surface area contributed by atoms with Crippen molar-refractivity contribution in [3.05, 3.63) is 55.2 Å². The molecular formula is C17H20BrNOS. The van der Waals surface area contributed by atoms with Gasteiger partial charge in [0, 0.05) is 12.1 Å². The van der Waals surface area contributed by atoms with E-state index < -0.39 is 0 Å². The van der Waals surface area contributed by atoms with Gasteiger partial charge in [0.05, 0.1) is 10.3 Å². The molecule has 0 bridgehead atoms. The van der Waals surface area contributed by atoms with Crippen LogP contribution in [-0.2, 0) is 6.54 Å². The predicted octanol–water partition coefficient (Wildman–Crippen LogP) is 4.75. The van der Waals surface area contributed by atoms with Crippen molar-refractivity contribution in [3.8, 4) is 0 Å². The molecule has 1 aromatic carbocycles. The van der Waals surface area contributed by atoms with Gasteiger partial charge in [-0.15, -0.1) is 11.3 Å². The molecule has 4 heteroatoms. The maximum Gasteiger partial charge on any atom is 0.177 e. The normalized spacial score (nSPS) is 11.1. The van der Waals surface area contributed by atoms with Crippen LogP contribution < -0.4 is 0 Å². The maximum atomic E-state index is 12.6. The molecule has 2 nitrogen and oxygen atoms in total. The summed E-state index contributed by atoms with van der Waals surface area (Å²) in [5, 5.41) is 2.12. The van der Waals surface area contributed by atoms with Crippen LogP contribution in [0.25, 0.3) is 0 Å². The van der Waals surface area contributed by atoms with Crippen LogP contribution in [0.1, 0.15) is 32.6 Å². The number of carbonyl (C=O) groups is 1. The Labute approximate surface area is 138 Å². The molecule has 0 saturated carbocycles. The Morgan fingerprint density at radius 2 is 1.81 bits per heavy atom. The molecular weight excluding hydrogens is 346 g/mol. The molecule has 2 rings (SSSR count). The van der Waals surface area contributed by atoms with E-state index in [-0.39, 0.29) is 5.78 Å². The van der Waals surface area contributed by atoms with Gasteiger partial charge in [0.1, 0.15) is 0 Å². The van der Waals surface area contributed by atoms with Crippen LogP contribution in [0.4, 0.5) is 0 Å². The van der Waals surface area contributed by atoms with Gasteiger partial charge >= 0.3 is 0 Å². The Bertz CT molecular complexity index is 640. The van der Waals surface area contributed by atoms with Crippen molar-refractivity contribution in [1.29, 1.82) is 0 Å². The third-order valence-corrected chi connectivity index (χ3v) is 5.00. The molecule has 0 aliphatic heterocycles. The van der Waals surface area contributed by atoms with Crippen molar-refractivity contribution in [2.75, 3.05) is 13.6 Å². The molecule has 2 aromatic rings. The summed E-state index contributed by atoms with van der Waals surface area (Å²) in [4.78, 5) is 14.6. The van der Waals surface area contributed by atoms with Gasteiger partial charge in [-0.3, -0.25) is 9.69 Å². The minimum atomic E-state index is 0.196. The smallest absolute Gasteiger partial charge is 0.177 e. The third-order valence-electron chi connectivity index (χ3n) is 3.44. The quantitative estimate of drug-likeness (QED) is 0.712. The van der Waals surface area contributed by atoms with Crippen LogP contribution in [-0.4, -0.2) is 24.3 Å². The van der Waals surface area contributed by atoms with Crippen molar-refractivity contribution in [2.45, 2.75) is 27.3 Å². The standard InChI is InChI=1S/C17H20BrNOS/c1-11-5-12(2)17(13(3)6-11)15(20)9-19(4)8-14-7-16(18)21-10-14/h5-7,10H,8-9H2,1-4H3. The first kappa shape index (κ1) is 16.4. The molecule has 0 spiro atoms. The number of aryl methyl sites for hydroxylation is 3. The molecule has 1 aromatic heterocycles. The molecule has 0 unspecified atom stereocenters. The Morgan fingerprint density at radius 1 is 1.19 bits per heavy atom. The Balaban J connectivity index is 2.07. The van der Waals surface area contributed by atoms with E-state index in [1.165, 1.54) is 11.1 Å². The first-order valence-corrected chi connectivity index (χ1v) is 8.56.